The van der Waals surface area contributed by atoms with E-state index < -0.39 is 6.67 Å². The van der Waals surface area contributed by atoms with E-state index in [0.717, 1.165) is 5.56 Å². The van der Waals surface area contributed by atoms with Crippen molar-refractivity contribution in [3.63, 3.8) is 0 Å². The molecule has 15 heavy (non-hydrogen) atoms. The number of ether oxygens (including phenoxy) is 1. The molecule has 1 N–H and O–H groups in total. The van der Waals surface area contributed by atoms with Crippen molar-refractivity contribution in [3.8, 4) is 5.75 Å². The molecule has 0 bridgehead atoms. The first-order chi connectivity index (χ1) is 7.19. The van der Waals surface area contributed by atoms with E-state index in [1.54, 1.807) is 12.1 Å². The molecule has 1 aromatic rings. The average Bonchev–Trinajstić information content (AvgIpc) is 2.26. The minimum atomic E-state index is -0.490. The number of benzene rings is 1. The van der Waals surface area contributed by atoms with Crippen molar-refractivity contribution in [1.82, 2.24) is 5.32 Å². The van der Waals surface area contributed by atoms with E-state index in [9.17, 15) is 4.39 Å². The second kappa shape index (κ2) is 5.93. The van der Waals surface area contributed by atoms with Crippen LogP contribution in [0.2, 0.25) is 5.02 Å². The van der Waals surface area contributed by atoms with Crippen LogP contribution in [-0.2, 0) is 0 Å². The summed E-state index contributed by atoms with van der Waals surface area (Å²) in [7, 11) is 1.85. The fraction of sp³-hybridized carbons (Fsp3) is 0.455. The number of halogens is 2. The first-order valence-corrected chi connectivity index (χ1v) is 5.22. The van der Waals surface area contributed by atoms with Gasteiger partial charge in [0, 0.05) is 16.6 Å². The second-order valence-electron chi connectivity index (χ2n) is 3.23. The van der Waals surface area contributed by atoms with Gasteiger partial charge in [0.1, 0.15) is 19.0 Å². The van der Waals surface area contributed by atoms with Crippen LogP contribution in [0.1, 0.15) is 18.5 Å². The summed E-state index contributed by atoms with van der Waals surface area (Å²) >= 11 is 5.89. The van der Waals surface area contributed by atoms with Crippen LogP contribution in [0, 0.1) is 0 Å². The minimum Gasteiger partial charge on any atom is -0.491 e. The topological polar surface area (TPSA) is 21.3 Å². The third kappa shape index (κ3) is 3.36. The van der Waals surface area contributed by atoms with Gasteiger partial charge < -0.3 is 10.1 Å². The summed E-state index contributed by atoms with van der Waals surface area (Å²) in [4.78, 5) is 0. The Morgan fingerprint density at radius 1 is 1.53 bits per heavy atom. The van der Waals surface area contributed by atoms with E-state index in [1.165, 1.54) is 0 Å². The first-order valence-electron chi connectivity index (χ1n) is 4.84. The van der Waals surface area contributed by atoms with E-state index in [-0.39, 0.29) is 12.6 Å². The van der Waals surface area contributed by atoms with Gasteiger partial charge >= 0.3 is 0 Å². The first kappa shape index (κ1) is 12.3. The van der Waals surface area contributed by atoms with E-state index in [2.05, 4.69) is 5.32 Å². The Hall–Kier alpha value is -0.800. The molecule has 0 aliphatic heterocycles. The van der Waals surface area contributed by atoms with Crippen molar-refractivity contribution in [2.45, 2.75) is 13.0 Å². The molecular formula is C11H15ClFNO. The monoisotopic (exact) mass is 231 g/mol. The highest BCUT2D eigenvalue weighted by molar-refractivity contribution is 6.30. The van der Waals surface area contributed by atoms with Gasteiger partial charge in [0.25, 0.3) is 0 Å². The quantitative estimate of drug-likeness (QED) is 0.841. The SMILES string of the molecule is CNC(C)c1cc(Cl)ccc1OCCF. The fourth-order valence-corrected chi connectivity index (χ4v) is 1.47. The second-order valence-corrected chi connectivity index (χ2v) is 3.67. The molecule has 1 unspecified atom stereocenters. The van der Waals surface area contributed by atoms with Gasteiger partial charge in [-0.2, -0.15) is 0 Å². The van der Waals surface area contributed by atoms with Gasteiger partial charge in [0.05, 0.1) is 0 Å². The van der Waals surface area contributed by atoms with Gasteiger partial charge in [-0.05, 0) is 32.2 Å². The molecule has 0 heterocycles. The average molecular weight is 232 g/mol. The zero-order valence-electron chi connectivity index (χ0n) is 8.89. The van der Waals surface area contributed by atoms with Crippen LogP contribution in [0.25, 0.3) is 0 Å². The van der Waals surface area contributed by atoms with Gasteiger partial charge in [0.2, 0.25) is 0 Å². The van der Waals surface area contributed by atoms with Crippen LogP contribution in [0.4, 0.5) is 4.39 Å². The summed E-state index contributed by atoms with van der Waals surface area (Å²) < 4.78 is 17.3. The van der Waals surface area contributed by atoms with Crippen LogP contribution >= 0.6 is 11.6 Å². The molecule has 0 fully saturated rings. The van der Waals surface area contributed by atoms with Crippen LogP contribution in [-0.4, -0.2) is 20.3 Å². The zero-order valence-corrected chi connectivity index (χ0v) is 9.64. The van der Waals surface area contributed by atoms with Gasteiger partial charge in [-0.15, -0.1) is 0 Å². The molecular weight excluding hydrogens is 217 g/mol. The Morgan fingerprint density at radius 3 is 2.87 bits per heavy atom. The highest BCUT2D eigenvalue weighted by atomic mass is 35.5. The summed E-state index contributed by atoms with van der Waals surface area (Å²) in [6, 6.07) is 5.46. The van der Waals surface area contributed by atoms with E-state index in [4.69, 9.17) is 16.3 Å². The van der Waals surface area contributed by atoms with E-state index in [1.807, 2.05) is 20.0 Å². The van der Waals surface area contributed by atoms with Gasteiger partial charge in [-0.1, -0.05) is 11.6 Å². The largest absolute Gasteiger partial charge is 0.491 e. The number of hydrogen-bond acceptors (Lipinski definition) is 2. The van der Waals surface area contributed by atoms with Crippen molar-refractivity contribution < 1.29 is 9.13 Å². The molecule has 1 aromatic carbocycles. The fourth-order valence-electron chi connectivity index (χ4n) is 1.29. The Balaban J connectivity index is 2.92. The molecule has 0 amide bonds. The molecule has 0 aliphatic carbocycles. The molecule has 0 saturated carbocycles. The number of alkyl halides is 1. The summed E-state index contributed by atoms with van der Waals surface area (Å²) in [5, 5.41) is 3.75. The number of rotatable bonds is 5. The summed E-state index contributed by atoms with van der Waals surface area (Å²) in [5.41, 5.74) is 0.943. The van der Waals surface area contributed by atoms with Crippen molar-refractivity contribution >= 4 is 11.6 Å². The van der Waals surface area contributed by atoms with Crippen LogP contribution in [0.15, 0.2) is 18.2 Å². The van der Waals surface area contributed by atoms with Gasteiger partial charge in [-0.3, -0.25) is 0 Å². The van der Waals surface area contributed by atoms with Crippen LogP contribution < -0.4 is 10.1 Å². The minimum absolute atomic E-state index is 0.0745. The van der Waals surface area contributed by atoms with Crippen molar-refractivity contribution in [2.24, 2.45) is 0 Å². The van der Waals surface area contributed by atoms with Gasteiger partial charge in [-0.25, -0.2) is 4.39 Å². The molecule has 4 heteroatoms. The maximum Gasteiger partial charge on any atom is 0.124 e. The summed E-state index contributed by atoms with van der Waals surface area (Å²) in [5.74, 6) is 0.680. The maximum absolute atomic E-state index is 12.0. The number of nitrogens with one attached hydrogen (secondary N) is 1. The Kier molecular flexibility index (Phi) is 4.85. The predicted octanol–water partition coefficient (Wildman–Crippen LogP) is 2.97. The molecule has 0 radical (unpaired) electrons. The van der Waals surface area contributed by atoms with Crippen molar-refractivity contribution in [2.75, 3.05) is 20.3 Å². The molecule has 0 spiro atoms. The highest BCUT2D eigenvalue weighted by Crippen LogP contribution is 2.28. The normalized spacial score (nSPS) is 12.5. The Labute approximate surface area is 94.4 Å². The molecule has 0 aliphatic rings. The molecule has 84 valence electrons. The molecule has 1 atom stereocenters. The van der Waals surface area contributed by atoms with E-state index >= 15 is 0 Å². The Bertz CT molecular complexity index is 319. The number of hydrogen-bond donors (Lipinski definition) is 1. The third-order valence-electron chi connectivity index (χ3n) is 2.21. The van der Waals surface area contributed by atoms with Crippen LogP contribution in [0.5, 0.6) is 5.75 Å². The Morgan fingerprint density at radius 2 is 2.27 bits per heavy atom. The lowest BCUT2D eigenvalue weighted by atomic mass is 10.1. The lowest BCUT2D eigenvalue weighted by molar-refractivity contribution is 0.269. The standard InChI is InChI=1S/C11H15ClFNO/c1-8(14-2)10-7-9(12)3-4-11(10)15-6-5-13/h3-4,7-8,14H,5-6H2,1-2H3. The lowest BCUT2D eigenvalue weighted by Crippen LogP contribution is -2.14. The summed E-state index contributed by atoms with van der Waals surface area (Å²) in [6.07, 6.45) is 0. The van der Waals surface area contributed by atoms with Crippen molar-refractivity contribution in [3.05, 3.63) is 28.8 Å². The van der Waals surface area contributed by atoms with Gasteiger partial charge in [0.15, 0.2) is 0 Å². The van der Waals surface area contributed by atoms with E-state index in [0.29, 0.717) is 10.8 Å². The smallest absolute Gasteiger partial charge is 0.124 e. The maximum atomic E-state index is 12.0. The van der Waals surface area contributed by atoms with Crippen LogP contribution in [0.3, 0.4) is 0 Å². The zero-order chi connectivity index (χ0) is 11.3. The van der Waals surface area contributed by atoms with Crippen molar-refractivity contribution in [1.29, 1.82) is 0 Å². The predicted molar refractivity (Wildman–Crippen MR) is 60.4 cm³/mol. The summed E-state index contributed by atoms with van der Waals surface area (Å²) in [6.45, 7) is 1.58. The lowest BCUT2D eigenvalue weighted by Gasteiger charge is -2.16. The highest BCUT2D eigenvalue weighted by Gasteiger charge is 2.10. The molecule has 0 aromatic heterocycles. The molecule has 1 rings (SSSR count). The molecule has 0 saturated heterocycles. The molecule has 2 nitrogen and oxygen atoms in total. The third-order valence-corrected chi connectivity index (χ3v) is 2.44.